The Hall–Kier alpha value is -2.87. The van der Waals surface area contributed by atoms with Gasteiger partial charge in [-0.05, 0) is 30.2 Å². The van der Waals surface area contributed by atoms with Crippen LogP contribution in [0.1, 0.15) is 16.7 Å². The number of nitriles is 1. The fourth-order valence-corrected chi connectivity index (χ4v) is 1.88. The molecule has 0 saturated heterocycles. The molecular weight excluding hydrogens is 254 g/mol. The molecule has 0 amide bonds. The van der Waals surface area contributed by atoms with Crippen LogP contribution < -0.4 is 5.32 Å². The van der Waals surface area contributed by atoms with E-state index in [1.54, 1.807) is 12.1 Å². The molecule has 0 heterocycles. The maximum atomic E-state index is 10.7. The first-order chi connectivity index (χ1) is 9.60. The summed E-state index contributed by atoms with van der Waals surface area (Å²) in [4.78, 5) is 10.3. The summed E-state index contributed by atoms with van der Waals surface area (Å²) in [6, 6.07) is 14.1. The van der Waals surface area contributed by atoms with Crippen molar-refractivity contribution in [3.05, 3.63) is 69.3 Å². The van der Waals surface area contributed by atoms with Crippen molar-refractivity contribution in [3.63, 3.8) is 0 Å². The van der Waals surface area contributed by atoms with E-state index in [4.69, 9.17) is 5.26 Å². The Bertz CT molecular complexity index is 690. The van der Waals surface area contributed by atoms with Gasteiger partial charge in [0.05, 0.1) is 16.2 Å². The molecule has 2 rings (SSSR count). The van der Waals surface area contributed by atoms with E-state index >= 15 is 0 Å². The number of rotatable bonds is 4. The molecule has 20 heavy (non-hydrogen) atoms. The second kappa shape index (κ2) is 5.85. The highest BCUT2D eigenvalue weighted by molar-refractivity contribution is 5.59. The molecule has 0 unspecified atom stereocenters. The number of nitro groups is 1. The standard InChI is InChI=1S/C15H13N3O2/c1-11-5-6-13(9-16)15(7-11)17-10-12-3-2-4-14(8-12)18(19)20/h2-8,17H,10H2,1H3. The SMILES string of the molecule is Cc1ccc(C#N)c(NCc2cccc([N+](=O)[O-])c2)c1. The predicted octanol–water partition coefficient (Wildman–Crippen LogP) is 3.39. The van der Waals surface area contributed by atoms with Crippen molar-refractivity contribution in [3.8, 4) is 6.07 Å². The molecule has 2 aromatic rings. The van der Waals surface area contributed by atoms with Gasteiger partial charge in [0.2, 0.25) is 0 Å². The average Bonchev–Trinajstić information content (AvgIpc) is 2.45. The van der Waals surface area contributed by atoms with Gasteiger partial charge in [-0.1, -0.05) is 18.2 Å². The van der Waals surface area contributed by atoms with E-state index in [1.165, 1.54) is 12.1 Å². The number of nitro benzene ring substituents is 1. The second-order valence-corrected chi connectivity index (χ2v) is 4.44. The van der Waals surface area contributed by atoms with Crippen molar-refractivity contribution in [2.45, 2.75) is 13.5 Å². The summed E-state index contributed by atoms with van der Waals surface area (Å²) in [5, 5.41) is 22.9. The summed E-state index contributed by atoms with van der Waals surface area (Å²) in [6.07, 6.45) is 0. The summed E-state index contributed by atoms with van der Waals surface area (Å²) in [6.45, 7) is 2.37. The molecule has 0 atom stereocenters. The third kappa shape index (κ3) is 3.12. The monoisotopic (exact) mass is 267 g/mol. The van der Waals surface area contributed by atoms with Crippen LogP contribution >= 0.6 is 0 Å². The summed E-state index contributed by atoms with van der Waals surface area (Å²) in [5.74, 6) is 0. The van der Waals surface area contributed by atoms with Gasteiger partial charge in [-0.2, -0.15) is 5.26 Å². The van der Waals surface area contributed by atoms with Crippen LogP contribution in [-0.4, -0.2) is 4.92 Å². The lowest BCUT2D eigenvalue weighted by Gasteiger charge is -2.09. The van der Waals surface area contributed by atoms with Gasteiger partial charge < -0.3 is 5.32 Å². The van der Waals surface area contributed by atoms with Gasteiger partial charge in [0.1, 0.15) is 6.07 Å². The summed E-state index contributed by atoms with van der Waals surface area (Å²) in [7, 11) is 0. The Labute approximate surface area is 116 Å². The first-order valence-corrected chi connectivity index (χ1v) is 6.08. The molecule has 1 N–H and O–H groups in total. The van der Waals surface area contributed by atoms with Crippen molar-refractivity contribution >= 4 is 11.4 Å². The molecule has 100 valence electrons. The molecule has 0 radical (unpaired) electrons. The molecule has 0 aliphatic carbocycles. The van der Waals surface area contributed by atoms with Crippen LogP contribution in [0.3, 0.4) is 0 Å². The molecule has 0 aliphatic rings. The highest BCUT2D eigenvalue weighted by atomic mass is 16.6. The molecule has 0 saturated carbocycles. The molecule has 0 spiro atoms. The van der Waals surface area contributed by atoms with Crippen LogP contribution in [0.25, 0.3) is 0 Å². The van der Waals surface area contributed by atoms with Gasteiger partial charge in [-0.3, -0.25) is 10.1 Å². The third-order valence-electron chi connectivity index (χ3n) is 2.90. The molecule has 0 aromatic heterocycles. The van der Waals surface area contributed by atoms with Gasteiger partial charge in [0.25, 0.3) is 5.69 Å². The van der Waals surface area contributed by atoms with E-state index in [0.717, 1.165) is 16.8 Å². The fourth-order valence-electron chi connectivity index (χ4n) is 1.88. The van der Waals surface area contributed by atoms with Gasteiger partial charge in [-0.25, -0.2) is 0 Å². The first-order valence-electron chi connectivity index (χ1n) is 6.08. The van der Waals surface area contributed by atoms with Crippen molar-refractivity contribution in [1.82, 2.24) is 0 Å². The number of nitrogens with zero attached hydrogens (tertiary/aromatic N) is 2. The maximum Gasteiger partial charge on any atom is 0.269 e. The van der Waals surface area contributed by atoms with Crippen molar-refractivity contribution in [2.24, 2.45) is 0 Å². The van der Waals surface area contributed by atoms with Crippen LogP contribution in [0, 0.1) is 28.4 Å². The number of aryl methyl sites for hydroxylation is 1. The number of hydrogen-bond donors (Lipinski definition) is 1. The molecule has 0 fully saturated rings. The predicted molar refractivity (Wildman–Crippen MR) is 76.3 cm³/mol. The first kappa shape index (κ1) is 13.6. The Morgan fingerprint density at radius 1 is 1.30 bits per heavy atom. The van der Waals surface area contributed by atoms with E-state index in [-0.39, 0.29) is 5.69 Å². The Morgan fingerprint density at radius 2 is 2.10 bits per heavy atom. The number of nitrogens with one attached hydrogen (secondary N) is 1. The lowest BCUT2D eigenvalue weighted by atomic mass is 10.1. The van der Waals surface area contributed by atoms with Crippen LogP contribution in [0.4, 0.5) is 11.4 Å². The zero-order chi connectivity index (χ0) is 14.5. The minimum atomic E-state index is -0.420. The van der Waals surface area contributed by atoms with Crippen LogP contribution in [-0.2, 0) is 6.54 Å². The quantitative estimate of drug-likeness (QED) is 0.680. The lowest BCUT2D eigenvalue weighted by Crippen LogP contribution is -2.02. The maximum absolute atomic E-state index is 10.7. The second-order valence-electron chi connectivity index (χ2n) is 4.44. The number of non-ortho nitro benzene ring substituents is 1. The van der Waals surface area contributed by atoms with E-state index in [2.05, 4.69) is 11.4 Å². The van der Waals surface area contributed by atoms with Gasteiger partial charge >= 0.3 is 0 Å². The van der Waals surface area contributed by atoms with Gasteiger partial charge in [0.15, 0.2) is 0 Å². The lowest BCUT2D eigenvalue weighted by molar-refractivity contribution is -0.384. The van der Waals surface area contributed by atoms with Crippen LogP contribution in [0.5, 0.6) is 0 Å². The van der Waals surface area contributed by atoms with Crippen LogP contribution in [0.15, 0.2) is 42.5 Å². The Balaban J connectivity index is 2.17. The minimum absolute atomic E-state index is 0.0639. The smallest absolute Gasteiger partial charge is 0.269 e. The summed E-state index contributed by atoms with van der Waals surface area (Å²) in [5.41, 5.74) is 3.20. The molecule has 0 bridgehead atoms. The van der Waals surface area contributed by atoms with E-state index in [1.807, 2.05) is 25.1 Å². The fraction of sp³-hybridized carbons (Fsp3) is 0.133. The highest BCUT2D eigenvalue weighted by Crippen LogP contribution is 2.19. The highest BCUT2D eigenvalue weighted by Gasteiger charge is 2.06. The normalized spacial score (nSPS) is 9.80. The van der Waals surface area contributed by atoms with Crippen molar-refractivity contribution in [2.75, 3.05) is 5.32 Å². The van der Waals surface area contributed by atoms with Gasteiger partial charge in [0, 0.05) is 18.7 Å². The van der Waals surface area contributed by atoms with E-state index in [9.17, 15) is 10.1 Å². The number of benzene rings is 2. The van der Waals surface area contributed by atoms with Gasteiger partial charge in [-0.15, -0.1) is 0 Å². The number of anilines is 1. The Morgan fingerprint density at radius 3 is 2.80 bits per heavy atom. The summed E-state index contributed by atoms with van der Waals surface area (Å²) >= 11 is 0. The average molecular weight is 267 g/mol. The summed E-state index contributed by atoms with van der Waals surface area (Å²) < 4.78 is 0. The van der Waals surface area contributed by atoms with Crippen molar-refractivity contribution < 1.29 is 4.92 Å². The van der Waals surface area contributed by atoms with Crippen LogP contribution in [0.2, 0.25) is 0 Å². The van der Waals surface area contributed by atoms with E-state index < -0.39 is 4.92 Å². The zero-order valence-corrected chi connectivity index (χ0v) is 11.0. The number of hydrogen-bond acceptors (Lipinski definition) is 4. The zero-order valence-electron chi connectivity index (χ0n) is 11.0. The molecule has 2 aromatic carbocycles. The topological polar surface area (TPSA) is 79.0 Å². The molecule has 5 nitrogen and oxygen atoms in total. The minimum Gasteiger partial charge on any atom is -0.380 e. The van der Waals surface area contributed by atoms with Crippen molar-refractivity contribution in [1.29, 1.82) is 5.26 Å². The van der Waals surface area contributed by atoms with E-state index in [0.29, 0.717) is 12.1 Å². The molecule has 5 heteroatoms. The third-order valence-corrected chi connectivity index (χ3v) is 2.90. The Kier molecular flexibility index (Phi) is 3.96. The molecular formula is C15H13N3O2. The molecule has 0 aliphatic heterocycles. The largest absolute Gasteiger partial charge is 0.380 e.